The minimum Gasteiger partial charge on any atom is -0.449 e. The summed E-state index contributed by atoms with van der Waals surface area (Å²) in [6.45, 7) is 5.80. The number of fused-ring (bicyclic) bond motifs is 2. The molecule has 0 fully saturated rings. The summed E-state index contributed by atoms with van der Waals surface area (Å²) in [6.07, 6.45) is -0.601. The SMILES string of the molecule is CCC(OC(=O)c1cccc2cccc(-c3nc4ccccc4o3)c12)C(=O)Nc1ccc(C)c(C)c1. The normalized spacial score (nSPS) is 12.0. The van der Waals surface area contributed by atoms with Crippen LogP contribution in [-0.4, -0.2) is 23.0 Å². The van der Waals surface area contributed by atoms with Gasteiger partial charge >= 0.3 is 5.97 Å². The Hall–Kier alpha value is -4.45. The molecular weight excluding hydrogens is 452 g/mol. The number of aromatic nitrogens is 1. The van der Waals surface area contributed by atoms with E-state index in [1.165, 1.54) is 0 Å². The van der Waals surface area contributed by atoms with Crippen LogP contribution in [0.4, 0.5) is 5.69 Å². The van der Waals surface area contributed by atoms with E-state index in [2.05, 4.69) is 10.3 Å². The first kappa shape index (κ1) is 23.3. The van der Waals surface area contributed by atoms with Crippen LogP contribution < -0.4 is 5.32 Å². The Kier molecular flexibility index (Phi) is 6.25. The first-order valence-electron chi connectivity index (χ1n) is 11.9. The lowest BCUT2D eigenvalue weighted by atomic mass is 9.99. The van der Waals surface area contributed by atoms with Gasteiger partial charge in [0.2, 0.25) is 5.89 Å². The van der Waals surface area contributed by atoms with Gasteiger partial charge in [-0.25, -0.2) is 9.78 Å². The lowest BCUT2D eigenvalue weighted by Gasteiger charge is -2.17. The zero-order valence-corrected chi connectivity index (χ0v) is 20.4. The molecule has 0 saturated heterocycles. The van der Waals surface area contributed by atoms with Crippen LogP contribution in [0.3, 0.4) is 0 Å². The number of amides is 1. The first-order valence-corrected chi connectivity index (χ1v) is 11.9. The summed E-state index contributed by atoms with van der Waals surface area (Å²) in [4.78, 5) is 30.9. The van der Waals surface area contributed by atoms with Crippen molar-refractivity contribution in [1.82, 2.24) is 4.98 Å². The molecule has 1 amide bonds. The fourth-order valence-electron chi connectivity index (χ4n) is 4.23. The highest BCUT2D eigenvalue weighted by Gasteiger charge is 2.25. The molecule has 1 heterocycles. The molecule has 1 N–H and O–H groups in total. The summed E-state index contributed by atoms with van der Waals surface area (Å²) in [5, 5.41) is 4.38. The molecule has 1 aromatic heterocycles. The highest BCUT2D eigenvalue weighted by Crippen LogP contribution is 2.33. The van der Waals surface area contributed by atoms with E-state index >= 15 is 0 Å². The van der Waals surface area contributed by atoms with E-state index in [9.17, 15) is 9.59 Å². The second kappa shape index (κ2) is 9.66. The average molecular weight is 479 g/mol. The molecule has 1 atom stereocenters. The Morgan fingerprint density at radius 2 is 1.72 bits per heavy atom. The lowest BCUT2D eigenvalue weighted by molar-refractivity contribution is -0.124. The molecule has 0 spiro atoms. The second-order valence-corrected chi connectivity index (χ2v) is 8.79. The number of hydrogen-bond acceptors (Lipinski definition) is 5. The van der Waals surface area contributed by atoms with Crippen LogP contribution in [0, 0.1) is 13.8 Å². The van der Waals surface area contributed by atoms with E-state index < -0.39 is 12.1 Å². The smallest absolute Gasteiger partial charge is 0.339 e. The molecule has 0 aliphatic rings. The number of ether oxygens (including phenoxy) is 1. The predicted molar refractivity (Wildman–Crippen MR) is 141 cm³/mol. The van der Waals surface area contributed by atoms with Crippen LogP contribution in [0.15, 0.2) is 83.3 Å². The van der Waals surface area contributed by atoms with Gasteiger partial charge in [-0.2, -0.15) is 0 Å². The van der Waals surface area contributed by atoms with Crippen molar-refractivity contribution in [2.45, 2.75) is 33.3 Å². The fourth-order valence-corrected chi connectivity index (χ4v) is 4.23. The third kappa shape index (κ3) is 4.45. The lowest BCUT2D eigenvalue weighted by Crippen LogP contribution is -2.32. The van der Waals surface area contributed by atoms with Crippen molar-refractivity contribution in [3.63, 3.8) is 0 Å². The van der Waals surface area contributed by atoms with Crippen molar-refractivity contribution in [2.75, 3.05) is 5.32 Å². The molecule has 0 aliphatic heterocycles. The van der Waals surface area contributed by atoms with Gasteiger partial charge in [0.1, 0.15) is 5.52 Å². The van der Waals surface area contributed by atoms with E-state index in [1.807, 2.05) is 87.5 Å². The summed E-state index contributed by atoms with van der Waals surface area (Å²) < 4.78 is 11.7. The average Bonchev–Trinajstić information content (AvgIpc) is 3.32. The standard InChI is InChI=1S/C30H26N2O4/c1-4-25(28(33)31-21-16-15-18(2)19(3)17-21)36-30(34)23-12-8-10-20-9-7-11-22(27(20)23)29-32-24-13-5-6-14-26(24)35-29/h5-17,25H,4H2,1-3H3,(H,31,33). The highest BCUT2D eigenvalue weighted by molar-refractivity contribution is 6.10. The maximum Gasteiger partial charge on any atom is 0.339 e. The number of anilines is 1. The number of benzene rings is 4. The van der Waals surface area contributed by atoms with Gasteiger partial charge in [0, 0.05) is 16.6 Å². The third-order valence-electron chi connectivity index (χ3n) is 6.34. The number of nitrogens with one attached hydrogen (secondary N) is 1. The summed E-state index contributed by atoms with van der Waals surface area (Å²) in [7, 11) is 0. The number of oxazole rings is 1. The van der Waals surface area contributed by atoms with E-state index in [4.69, 9.17) is 9.15 Å². The first-order chi connectivity index (χ1) is 17.4. The number of rotatable bonds is 6. The quantitative estimate of drug-likeness (QED) is 0.270. The van der Waals surface area contributed by atoms with Crippen molar-refractivity contribution in [3.05, 3.63) is 95.6 Å². The zero-order valence-electron chi connectivity index (χ0n) is 20.4. The van der Waals surface area contributed by atoms with E-state index in [-0.39, 0.29) is 5.91 Å². The van der Waals surface area contributed by atoms with Crippen molar-refractivity contribution in [2.24, 2.45) is 0 Å². The van der Waals surface area contributed by atoms with Crippen LogP contribution >= 0.6 is 0 Å². The van der Waals surface area contributed by atoms with Gasteiger partial charge in [0.15, 0.2) is 11.7 Å². The number of aryl methyl sites for hydroxylation is 2. The molecule has 0 saturated carbocycles. The second-order valence-electron chi connectivity index (χ2n) is 8.79. The van der Waals surface area contributed by atoms with Gasteiger partial charge in [0.25, 0.3) is 5.91 Å². The summed E-state index contributed by atoms with van der Waals surface area (Å²) in [5.41, 5.74) is 5.31. The van der Waals surface area contributed by atoms with Crippen LogP contribution in [0.1, 0.15) is 34.8 Å². The van der Waals surface area contributed by atoms with Crippen molar-refractivity contribution in [1.29, 1.82) is 0 Å². The Bertz CT molecular complexity index is 1560. The third-order valence-corrected chi connectivity index (χ3v) is 6.34. The molecule has 0 radical (unpaired) electrons. The molecular formula is C30H26N2O4. The van der Waals surface area contributed by atoms with Gasteiger partial charge in [-0.05, 0) is 73.2 Å². The fraction of sp³-hybridized carbons (Fsp3) is 0.167. The number of carbonyl (C=O) groups is 2. The summed E-state index contributed by atoms with van der Waals surface area (Å²) in [6, 6.07) is 24.3. The largest absolute Gasteiger partial charge is 0.449 e. The van der Waals surface area contributed by atoms with Gasteiger partial charge in [0.05, 0.1) is 5.56 Å². The van der Waals surface area contributed by atoms with Crippen molar-refractivity contribution < 1.29 is 18.7 Å². The number of esters is 1. The minimum absolute atomic E-state index is 0.338. The zero-order chi connectivity index (χ0) is 25.2. The summed E-state index contributed by atoms with van der Waals surface area (Å²) >= 11 is 0. The summed E-state index contributed by atoms with van der Waals surface area (Å²) in [5.74, 6) is -0.527. The molecule has 36 heavy (non-hydrogen) atoms. The molecule has 180 valence electrons. The van der Waals surface area contributed by atoms with Gasteiger partial charge in [-0.15, -0.1) is 0 Å². The van der Waals surface area contributed by atoms with Gasteiger partial charge in [-0.1, -0.05) is 49.4 Å². The van der Waals surface area contributed by atoms with Crippen LogP contribution in [0.25, 0.3) is 33.3 Å². The molecule has 5 aromatic rings. The van der Waals surface area contributed by atoms with E-state index in [0.717, 1.165) is 22.0 Å². The van der Waals surface area contributed by atoms with Crippen LogP contribution in [0.5, 0.6) is 0 Å². The van der Waals surface area contributed by atoms with Gasteiger partial charge < -0.3 is 14.5 Å². The molecule has 4 aromatic carbocycles. The van der Waals surface area contributed by atoms with Crippen LogP contribution in [0.2, 0.25) is 0 Å². The number of carbonyl (C=O) groups excluding carboxylic acids is 2. The topological polar surface area (TPSA) is 81.4 Å². The maximum absolute atomic E-state index is 13.4. The number of hydrogen-bond donors (Lipinski definition) is 1. The van der Waals surface area contributed by atoms with E-state index in [0.29, 0.717) is 40.1 Å². The molecule has 0 bridgehead atoms. The van der Waals surface area contributed by atoms with Gasteiger partial charge in [-0.3, -0.25) is 4.79 Å². The van der Waals surface area contributed by atoms with E-state index in [1.54, 1.807) is 12.1 Å². The van der Waals surface area contributed by atoms with Crippen molar-refractivity contribution in [3.8, 4) is 11.5 Å². The molecule has 0 aliphatic carbocycles. The Morgan fingerprint density at radius 3 is 2.47 bits per heavy atom. The molecule has 5 rings (SSSR count). The Morgan fingerprint density at radius 1 is 0.944 bits per heavy atom. The molecule has 6 heteroatoms. The number of para-hydroxylation sites is 2. The minimum atomic E-state index is -0.939. The molecule has 6 nitrogen and oxygen atoms in total. The Balaban J connectivity index is 1.46. The predicted octanol–water partition coefficient (Wildman–Crippen LogP) is 6.84. The number of nitrogens with zero attached hydrogens (tertiary/aromatic N) is 1. The maximum atomic E-state index is 13.4. The molecule has 1 unspecified atom stereocenters. The van der Waals surface area contributed by atoms with Crippen molar-refractivity contribution >= 4 is 39.4 Å². The monoisotopic (exact) mass is 478 g/mol. The Labute approximate surface area is 208 Å². The van der Waals surface area contributed by atoms with Crippen LogP contribution in [-0.2, 0) is 9.53 Å². The highest BCUT2D eigenvalue weighted by atomic mass is 16.5.